The molecule has 1 aliphatic heterocycles. The molecule has 6 nitrogen and oxygen atoms in total. The Bertz CT molecular complexity index is 1230. The molecule has 0 spiro atoms. The van der Waals surface area contributed by atoms with Crippen LogP contribution in [0.2, 0.25) is 0 Å². The van der Waals surface area contributed by atoms with Crippen molar-refractivity contribution in [3.8, 4) is 0 Å². The molecule has 0 fully saturated rings. The third kappa shape index (κ3) is 4.03. The minimum absolute atomic E-state index is 0.265. The number of fused-ring (bicyclic) bond motifs is 1. The molecular formula is C25H26N4O2S. The van der Waals surface area contributed by atoms with Crippen LogP contribution in [0.25, 0.3) is 5.70 Å². The summed E-state index contributed by atoms with van der Waals surface area (Å²) in [5.74, 6) is 0.438. The standard InChI is InChI=1S/C25H26N4O2S/c1-4-31-24(30)19-18(16-12-10-15(11-13-16)14(2)3)20-22(26)28-25(32)29-23(20)27-21(19)17-8-6-5-7-9-17/h5-14,18H,4H2,1-3H3,(H4,26,27,28,29,32). The topological polar surface area (TPSA) is 93.0 Å². The molecular weight excluding hydrogens is 420 g/mol. The van der Waals surface area contributed by atoms with Crippen molar-refractivity contribution in [3.63, 3.8) is 0 Å². The van der Waals surface area contributed by atoms with Gasteiger partial charge in [0, 0.05) is 5.56 Å². The van der Waals surface area contributed by atoms with Crippen LogP contribution >= 0.6 is 12.2 Å². The number of carbonyl (C=O) groups excluding carboxylic acids is 1. The number of hydrogen-bond acceptors (Lipinski definition) is 6. The SMILES string of the molecule is CCOC(=O)C1=C(c2ccccc2)Nc2nc(=S)[nH]c(N)c2C1c1ccc(C(C)C)cc1. The molecule has 32 heavy (non-hydrogen) atoms. The minimum atomic E-state index is -0.471. The van der Waals surface area contributed by atoms with E-state index >= 15 is 0 Å². The van der Waals surface area contributed by atoms with E-state index in [0.29, 0.717) is 34.4 Å². The first kappa shape index (κ1) is 21.8. The number of rotatable bonds is 5. The Morgan fingerprint density at radius 2 is 1.84 bits per heavy atom. The molecule has 0 radical (unpaired) electrons. The predicted octanol–water partition coefficient (Wildman–Crippen LogP) is 5.38. The summed E-state index contributed by atoms with van der Waals surface area (Å²) in [5.41, 5.74) is 11.2. The van der Waals surface area contributed by atoms with Crippen LogP contribution in [0.1, 0.15) is 54.9 Å². The molecule has 0 saturated carbocycles. The molecule has 1 atom stereocenters. The van der Waals surface area contributed by atoms with Crippen molar-refractivity contribution in [1.29, 1.82) is 0 Å². The molecule has 4 N–H and O–H groups in total. The van der Waals surface area contributed by atoms with Crippen LogP contribution in [-0.2, 0) is 9.53 Å². The Morgan fingerprint density at radius 1 is 1.16 bits per heavy atom. The number of benzene rings is 2. The van der Waals surface area contributed by atoms with Gasteiger partial charge in [0.05, 0.1) is 23.8 Å². The van der Waals surface area contributed by atoms with E-state index in [2.05, 4.69) is 41.3 Å². The second kappa shape index (κ2) is 8.96. The van der Waals surface area contributed by atoms with Crippen LogP contribution in [0.15, 0.2) is 60.2 Å². The van der Waals surface area contributed by atoms with Crippen molar-refractivity contribution < 1.29 is 9.53 Å². The molecule has 4 rings (SSSR count). The van der Waals surface area contributed by atoms with Crippen molar-refractivity contribution in [3.05, 3.63) is 87.2 Å². The third-order valence-electron chi connectivity index (χ3n) is 5.58. The molecule has 3 aromatic rings. The highest BCUT2D eigenvalue weighted by molar-refractivity contribution is 7.71. The zero-order chi connectivity index (χ0) is 22.8. The lowest BCUT2D eigenvalue weighted by molar-refractivity contribution is -0.138. The second-order valence-corrected chi connectivity index (χ2v) is 8.36. The monoisotopic (exact) mass is 446 g/mol. The maximum Gasteiger partial charge on any atom is 0.337 e. The van der Waals surface area contributed by atoms with E-state index < -0.39 is 11.9 Å². The normalized spacial score (nSPS) is 15.3. The predicted molar refractivity (Wildman–Crippen MR) is 130 cm³/mol. The highest BCUT2D eigenvalue weighted by Gasteiger charge is 2.37. The van der Waals surface area contributed by atoms with Gasteiger partial charge in [-0.1, -0.05) is 68.4 Å². The highest BCUT2D eigenvalue weighted by Crippen LogP contribution is 2.46. The summed E-state index contributed by atoms with van der Waals surface area (Å²) in [4.78, 5) is 20.8. The zero-order valence-electron chi connectivity index (χ0n) is 18.3. The number of nitrogen functional groups attached to an aromatic ring is 1. The van der Waals surface area contributed by atoms with Gasteiger partial charge in [-0.2, -0.15) is 0 Å². The van der Waals surface area contributed by atoms with E-state index in [1.807, 2.05) is 42.5 Å². The lowest BCUT2D eigenvalue weighted by Crippen LogP contribution is -2.27. The summed E-state index contributed by atoms with van der Waals surface area (Å²) in [6.45, 7) is 6.36. The molecule has 1 aliphatic rings. The van der Waals surface area contributed by atoms with Gasteiger partial charge in [0.2, 0.25) is 0 Å². The van der Waals surface area contributed by atoms with Gasteiger partial charge in [-0.05, 0) is 41.7 Å². The minimum Gasteiger partial charge on any atom is -0.463 e. The fourth-order valence-electron chi connectivity index (χ4n) is 4.03. The number of aromatic nitrogens is 2. The summed E-state index contributed by atoms with van der Waals surface area (Å²) in [5, 5.41) is 3.31. The van der Waals surface area contributed by atoms with Gasteiger partial charge >= 0.3 is 5.97 Å². The van der Waals surface area contributed by atoms with E-state index in [9.17, 15) is 4.79 Å². The first-order chi connectivity index (χ1) is 15.4. The molecule has 7 heteroatoms. The molecule has 164 valence electrons. The van der Waals surface area contributed by atoms with Gasteiger partial charge in [0.1, 0.15) is 11.6 Å². The number of carbonyl (C=O) groups is 1. The quantitative estimate of drug-likeness (QED) is 0.360. The van der Waals surface area contributed by atoms with E-state index in [1.54, 1.807) is 6.92 Å². The summed E-state index contributed by atoms with van der Waals surface area (Å²) in [6, 6.07) is 17.9. The van der Waals surface area contributed by atoms with Gasteiger partial charge < -0.3 is 20.8 Å². The molecule has 1 aromatic heterocycles. The van der Waals surface area contributed by atoms with Crippen molar-refractivity contribution in [2.24, 2.45) is 0 Å². The smallest absolute Gasteiger partial charge is 0.337 e. The Hall–Kier alpha value is -3.45. The summed E-state index contributed by atoms with van der Waals surface area (Å²) < 4.78 is 5.77. The van der Waals surface area contributed by atoms with Crippen molar-refractivity contribution in [2.75, 3.05) is 17.7 Å². The Balaban J connectivity index is 2.01. The molecule has 0 saturated heterocycles. The van der Waals surface area contributed by atoms with Crippen molar-refractivity contribution in [1.82, 2.24) is 9.97 Å². The lowest BCUT2D eigenvalue weighted by atomic mass is 9.80. The number of H-pyrrole nitrogens is 1. The van der Waals surface area contributed by atoms with Crippen LogP contribution in [0.4, 0.5) is 11.6 Å². The van der Waals surface area contributed by atoms with Gasteiger partial charge in [0.15, 0.2) is 4.77 Å². The zero-order valence-corrected chi connectivity index (χ0v) is 19.1. The summed E-state index contributed by atoms with van der Waals surface area (Å²) in [7, 11) is 0. The first-order valence-electron chi connectivity index (χ1n) is 10.6. The van der Waals surface area contributed by atoms with Crippen LogP contribution in [0, 0.1) is 4.77 Å². The van der Waals surface area contributed by atoms with Crippen LogP contribution in [0.5, 0.6) is 0 Å². The van der Waals surface area contributed by atoms with E-state index in [4.69, 9.17) is 22.7 Å². The average Bonchev–Trinajstić information content (AvgIpc) is 2.78. The van der Waals surface area contributed by atoms with Gasteiger partial charge in [0.25, 0.3) is 0 Å². The Morgan fingerprint density at radius 3 is 2.47 bits per heavy atom. The maximum atomic E-state index is 13.3. The van der Waals surface area contributed by atoms with Crippen molar-refractivity contribution >= 4 is 35.5 Å². The highest BCUT2D eigenvalue weighted by atomic mass is 32.1. The number of aromatic amines is 1. The van der Waals surface area contributed by atoms with Gasteiger partial charge in [-0.15, -0.1) is 0 Å². The number of anilines is 2. The largest absolute Gasteiger partial charge is 0.463 e. The van der Waals surface area contributed by atoms with E-state index in [1.165, 1.54) is 5.56 Å². The molecule has 2 aromatic carbocycles. The summed E-state index contributed by atoms with van der Waals surface area (Å²) in [6.07, 6.45) is 0. The van der Waals surface area contributed by atoms with E-state index in [-0.39, 0.29) is 11.4 Å². The van der Waals surface area contributed by atoms with Gasteiger partial charge in [-0.3, -0.25) is 0 Å². The van der Waals surface area contributed by atoms with Crippen LogP contribution in [0.3, 0.4) is 0 Å². The summed E-state index contributed by atoms with van der Waals surface area (Å²) >= 11 is 5.27. The fraction of sp³-hybridized carbons (Fsp3) is 0.240. The average molecular weight is 447 g/mol. The maximum absolute atomic E-state index is 13.3. The van der Waals surface area contributed by atoms with Crippen LogP contribution < -0.4 is 11.1 Å². The van der Waals surface area contributed by atoms with E-state index in [0.717, 1.165) is 11.1 Å². The molecule has 0 amide bonds. The number of ether oxygens (including phenoxy) is 1. The molecule has 0 bridgehead atoms. The van der Waals surface area contributed by atoms with Crippen LogP contribution in [-0.4, -0.2) is 22.5 Å². The molecule has 2 heterocycles. The third-order valence-corrected chi connectivity index (χ3v) is 5.78. The Labute approximate surface area is 192 Å². The Kier molecular flexibility index (Phi) is 6.10. The number of nitrogens with one attached hydrogen (secondary N) is 2. The number of esters is 1. The lowest BCUT2D eigenvalue weighted by Gasteiger charge is -2.31. The molecule has 1 unspecified atom stereocenters. The van der Waals surface area contributed by atoms with Crippen molar-refractivity contribution in [2.45, 2.75) is 32.6 Å². The number of nitrogens with zero attached hydrogens (tertiary/aromatic N) is 1. The fourth-order valence-corrected chi connectivity index (χ4v) is 4.23. The van der Waals surface area contributed by atoms with Gasteiger partial charge in [-0.25, -0.2) is 9.78 Å². The number of nitrogens with two attached hydrogens (primary N) is 1. The first-order valence-corrected chi connectivity index (χ1v) is 11.0. The molecule has 0 aliphatic carbocycles. The number of hydrogen-bond donors (Lipinski definition) is 3. The second-order valence-electron chi connectivity index (χ2n) is 7.97.